The van der Waals surface area contributed by atoms with E-state index >= 15 is 0 Å². The SMILES string of the molecule is CCCC(=O)NNC(=O)COc1cc(C)ccc1C(C)C. The van der Waals surface area contributed by atoms with Crippen LogP contribution >= 0.6 is 0 Å². The summed E-state index contributed by atoms with van der Waals surface area (Å²) >= 11 is 0. The predicted molar refractivity (Wildman–Crippen MR) is 82.0 cm³/mol. The number of aryl methyl sites for hydroxylation is 1. The number of hydrogen-bond acceptors (Lipinski definition) is 3. The first kappa shape index (κ1) is 17.0. The van der Waals surface area contributed by atoms with E-state index in [0.29, 0.717) is 18.1 Å². The van der Waals surface area contributed by atoms with Crippen molar-refractivity contribution in [1.82, 2.24) is 10.9 Å². The minimum absolute atomic E-state index is 0.129. The van der Waals surface area contributed by atoms with E-state index in [4.69, 9.17) is 4.74 Å². The maximum Gasteiger partial charge on any atom is 0.276 e. The summed E-state index contributed by atoms with van der Waals surface area (Å²) in [6.07, 6.45) is 1.12. The van der Waals surface area contributed by atoms with Crippen LogP contribution in [-0.2, 0) is 9.59 Å². The standard InChI is InChI=1S/C16H24N2O3/c1-5-6-15(19)17-18-16(20)10-21-14-9-12(4)7-8-13(14)11(2)3/h7-9,11H,5-6,10H2,1-4H3,(H,17,19)(H,18,20). The largest absolute Gasteiger partial charge is 0.483 e. The molecule has 0 saturated carbocycles. The maximum absolute atomic E-state index is 11.6. The second kappa shape index (κ2) is 8.29. The Hall–Kier alpha value is -2.04. The van der Waals surface area contributed by atoms with Gasteiger partial charge in [-0.05, 0) is 36.5 Å². The van der Waals surface area contributed by atoms with E-state index in [2.05, 4.69) is 24.7 Å². The van der Waals surface area contributed by atoms with Gasteiger partial charge in [0.25, 0.3) is 5.91 Å². The highest BCUT2D eigenvalue weighted by Crippen LogP contribution is 2.27. The van der Waals surface area contributed by atoms with Gasteiger partial charge in [0, 0.05) is 6.42 Å². The molecule has 0 saturated heterocycles. The average Bonchev–Trinajstić information content (AvgIpc) is 2.43. The molecule has 0 heterocycles. The minimum atomic E-state index is -0.379. The Morgan fingerprint density at radius 2 is 1.86 bits per heavy atom. The van der Waals surface area contributed by atoms with E-state index in [1.165, 1.54) is 0 Å². The van der Waals surface area contributed by atoms with Gasteiger partial charge in [0.05, 0.1) is 0 Å². The fourth-order valence-corrected chi connectivity index (χ4v) is 1.85. The van der Waals surface area contributed by atoms with Gasteiger partial charge >= 0.3 is 0 Å². The van der Waals surface area contributed by atoms with Crippen molar-refractivity contribution >= 4 is 11.8 Å². The molecule has 1 rings (SSSR count). The van der Waals surface area contributed by atoms with Crippen LogP contribution in [0.1, 0.15) is 50.7 Å². The van der Waals surface area contributed by atoms with Crippen molar-refractivity contribution in [3.8, 4) is 5.75 Å². The number of rotatable bonds is 6. The number of hydrogen-bond donors (Lipinski definition) is 2. The Labute approximate surface area is 126 Å². The van der Waals surface area contributed by atoms with Crippen molar-refractivity contribution in [3.05, 3.63) is 29.3 Å². The van der Waals surface area contributed by atoms with Crippen LogP contribution < -0.4 is 15.6 Å². The number of benzene rings is 1. The van der Waals surface area contributed by atoms with E-state index in [0.717, 1.165) is 17.5 Å². The third-order valence-electron chi connectivity index (χ3n) is 2.97. The Kier molecular flexibility index (Phi) is 6.72. The molecule has 116 valence electrons. The van der Waals surface area contributed by atoms with Crippen LogP contribution in [-0.4, -0.2) is 18.4 Å². The maximum atomic E-state index is 11.6. The van der Waals surface area contributed by atoms with E-state index in [1.54, 1.807) is 0 Å². The molecule has 0 aromatic heterocycles. The van der Waals surface area contributed by atoms with Crippen molar-refractivity contribution < 1.29 is 14.3 Å². The summed E-state index contributed by atoms with van der Waals surface area (Å²) in [4.78, 5) is 22.9. The second-order valence-corrected chi connectivity index (χ2v) is 5.33. The highest BCUT2D eigenvalue weighted by Gasteiger charge is 2.10. The summed E-state index contributed by atoms with van der Waals surface area (Å²) in [5.74, 6) is 0.438. The normalized spacial score (nSPS) is 10.3. The van der Waals surface area contributed by atoms with Gasteiger partial charge in [-0.25, -0.2) is 0 Å². The van der Waals surface area contributed by atoms with Crippen LogP contribution in [0.5, 0.6) is 5.75 Å². The molecule has 2 amide bonds. The van der Waals surface area contributed by atoms with Gasteiger partial charge in [-0.3, -0.25) is 20.4 Å². The van der Waals surface area contributed by atoms with Crippen molar-refractivity contribution in [2.75, 3.05) is 6.61 Å². The quantitative estimate of drug-likeness (QED) is 0.791. The monoisotopic (exact) mass is 292 g/mol. The number of amides is 2. The molecular weight excluding hydrogens is 268 g/mol. The van der Waals surface area contributed by atoms with E-state index < -0.39 is 0 Å². The molecule has 5 nitrogen and oxygen atoms in total. The highest BCUT2D eigenvalue weighted by atomic mass is 16.5. The molecular formula is C16H24N2O3. The topological polar surface area (TPSA) is 67.4 Å². The first-order valence-electron chi connectivity index (χ1n) is 7.25. The summed E-state index contributed by atoms with van der Waals surface area (Å²) in [5.41, 5.74) is 6.82. The van der Waals surface area contributed by atoms with Crippen molar-refractivity contribution in [3.63, 3.8) is 0 Å². The number of hydrazine groups is 1. The van der Waals surface area contributed by atoms with Crippen LogP contribution in [0.4, 0.5) is 0 Å². The molecule has 0 radical (unpaired) electrons. The Morgan fingerprint density at radius 1 is 1.19 bits per heavy atom. The number of carbonyl (C=O) groups is 2. The first-order valence-corrected chi connectivity index (χ1v) is 7.25. The summed E-state index contributed by atoms with van der Waals surface area (Å²) in [6.45, 7) is 7.89. The van der Waals surface area contributed by atoms with Crippen molar-refractivity contribution in [1.29, 1.82) is 0 Å². The zero-order valence-corrected chi connectivity index (χ0v) is 13.2. The lowest BCUT2D eigenvalue weighted by molar-refractivity contribution is -0.130. The number of nitrogens with one attached hydrogen (secondary N) is 2. The summed E-state index contributed by atoms with van der Waals surface area (Å²) in [7, 11) is 0. The summed E-state index contributed by atoms with van der Waals surface area (Å²) < 4.78 is 5.57. The minimum Gasteiger partial charge on any atom is -0.483 e. The zero-order valence-electron chi connectivity index (χ0n) is 13.2. The fourth-order valence-electron chi connectivity index (χ4n) is 1.85. The van der Waals surface area contributed by atoms with Gasteiger partial charge in [0.15, 0.2) is 6.61 Å². The molecule has 0 bridgehead atoms. The number of carbonyl (C=O) groups excluding carboxylic acids is 2. The zero-order chi connectivity index (χ0) is 15.8. The third kappa shape index (κ3) is 5.85. The van der Waals surface area contributed by atoms with Gasteiger partial charge < -0.3 is 4.74 Å². The molecule has 1 aromatic rings. The lowest BCUT2D eigenvalue weighted by Gasteiger charge is -2.15. The molecule has 0 spiro atoms. The molecule has 0 atom stereocenters. The van der Waals surface area contributed by atoms with Crippen LogP contribution in [0, 0.1) is 6.92 Å². The molecule has 0 unspecified atom stereocenters. The van der Waals surface area contributed by atoms with Crippen molar-refractivity contribution in [2.45, 2.75) is 46.5 Å². The Morgan fingerprint density at radius 3 is 2.48 bits per heavy atom. The van der Waals surface area contributed by atoms with Gasteiger partial charge in [0.2, 0.25) is 5.91 Å². The molecule has 21 heavy (non-hydrogen) atoms. The van der Waals surface area contributed by atoms with Gasteiger partial charge in [-0.15, -0.1) is 0 Å². The molecule has 0 aliphatic rings. The fraction of sp³-hybridized carbons (Fsp3) is 0.500. The molecule has 0 aliphatic heterocycles. The molecule has 5 heteroatoms. The highest BCUT2D eigenvalue weighted by molar-refractivity contribution is 5.82. The van der Waals surface area contributed by atoms with Crippen molar-refractivity contribution in [2.24, 2.45) is 0 Å². The van der Waals surface area contributed by atoms with E-state index in [9.17, 15) is 9.59 Å². The van der Waals surface area contributed by atoms with Crippen LogP contribution in [0.3, 0.4) is 0 Å². The average molecular weight is 292 g/mol. The molecule has 1 aromatic carbocycles. The molecule has 2 N–H and O–H groups in total. The summed E-state index contributed by atoms with van der Waals surface area (Å²) in [5, 5.41) is 0. The first-order chi connectivity index (χ1) is 9.93. The lowest BCUT2D eigenvalue weighted by atomic mass is 10.0. The molecule has 0 fully saturated rings. The van der Waals surface area contributed by atoms with Gasteiger partial charge in [-0.1, -0.05) is 32.9 Å². The van der Waals surface area contributed by atoms with Crippen LogP contribution in [0.2, 0.25) is 0 Å². The second-order valence-electron chi connectivity index (χ2n) is 5.33. The summed E-state index contributed by atoms with van der Waals surface area (Å²) in [6, 6.07) is 5.95. The molecule has 0 aliphatic carbocycles. The van der Waals surface area contributed by atoms with E-state index in [1.807, 2.05) is 32.0 Å². The smallest absolute Gasteiger partial charge is 0.276 e. The van der Waals surface area contributed by atoms with Crippen LogP contribution in [0.15, 0.2) is 18.2 Å². The van der Waals surface area contributed by atoms with Crippen LogP contribution in [0.25, 0.3) is 0 Å². The Bertz CT molecular complexity index is 498. The van der Waals surface area contributed by atoms with Gasteiger partial charge in [-0.2, -0.15) is 0 Å². The van der Waals surface area contributed by atoms with Gasteiger partial charge in [0.1, 0.15) is 5.75 Å². The number of ether oxygens (including phenoxy) is 1. The third-order valence-corrected chi connectivity index (χ3v) is 2.97. The predicted octanol–water partition coefficient (Wildman–Crippen LogP) is 2.44. The Balaban J connectivity index is 2.53. The van der Waals surface area contributed by atoms with E-state index in [-0.39, 0.29) is 18.4 Å². The lowest BCUT2D eigenvalue weighted by Crippen LogP contribution is -2.43.